The number of benzene rings is 2. The predicted molar refractivity (Wildman–Crippen MR) is 114 cm³/mol. The van der Waals surface area contributed by atoms with Crippen LogP contribution < -0.4 is 14.9 Å². The van der Waals surface area contributed by atoms with E-state index >= 15 is 0 Å². The second-order valence-electron chi connectivity index (χ2n) is 7.16. The molecule has 3 rings (SSSR count). The van der Waals surface area contributed by atoms with Crippen LogP contribution >= 0.6 is 0 Å². The molecule has 156 valence electrons. The zero-order valence-electron chi connectivity index (χ0n) is 16.7. The highest BCUT2D eigenvalue weighted by molar-refractivity contribution is 7.89. The van der Waals surface area contributed by atoms with Crippen LogP contribution in [0.1, 0.15) is 18.4 Å². The molecular weight excluding hydrogens is 390 g/mol. The third kappa shape index (κ3) is 5.79. The average Bonchev–Trinajstić information content (AvgIpc) is 2.73. The fourth-order valence-corrected chi connectivity index (χ4v) is 4.42. The van der Waals surface area contributed by atoms with Crippen molar-refractivity contribution in [2.45, 2.75) is 30.8 Å². The van der Waals surface area contributed by atoms with E-state index in [0.29, 0.717) is 11.8 Å². The number of sulfonamides is 1. The van der Waals surface area contributed by atoms with E-state index in [9.17, 15) is 13.2 Å². The molecule has 2 N–H and O–H groups in total. The first-order chi connectivity index (χ1) is 13.9. The van der Waals surface area contributed by atoms with E-state index in [1.807, 2.05) is 37.3 Å². The SMILES string of the molecule is COC1CCN(c2ccc(NC(=O)CNS(=O)(=O)c3cccc(C)c3)cc2)CC1. The summed E-state index contributed by atoms with van der Waals surface area (Å²) in [4.78, 5) is 14.6. The van der Waals surface area contributed by atoms with Gasteiger partial charge < -0.3 is 15.0 Å². The van der Waals surface area contributed by atoms with E-state index in [2.05, 4.69) is 14.9 Å². The predicted octanol–water partition coefficient (Wildman–Crippen LogP) is 2.53. The molecule has 0 radical (unpaired) electrons. The Kier molecular flexibility index (Phi) is 6.89. The number of nitrogens with zero attached hydrogens (tertiary/aromatic N) is 1. The molecule has 8 heteroatoms. The van der Waals surface area contributed by atoms with Crippen molar-refractivity contribution in [2.24, 2.45) is 0 Å². The van der Waals surface area contributed by atoms with E-state index in [4.69, 9.17) is 4.74 Å². The third-order valence-corrected chi connectivity index (χ3v) is 6.41. The van der Waals surface area contributed by atoms with Gasteiger partial charge in [-0.25, -0.2) is 13.1 Å². The molecule has 1 aliphatic heterocycles. The number of hydrogen-bond acceptors (Lipinski definition) is 5. The van der Waals surface area contributed by atoms with Crippen molar-refractivity contribution in [2.75, 3.05) is 37.0 Å². The maximum absolute atomic E-state index is 12.3. The number of amides is 1. The zero-order valence-corrected chi connectivity index (χ0v) is 17.5. The van der Waals surface area contributed by atoms with Crippen LogP contribution in [0.2, 0.25) is 0 Å². The number of ether oxygens (including phenoxy) is 1. The van der Waals surface area contributed by atoms with Gasteiger partial charge in [0.25, 0.3) is 0 Å². The largest absolute Gasteiger partial charge is 0.381 e. The number of piperidine rings is 1. The number of aryl methyl sites for hydroxylation is 1. The Hall–Kier alpha value is -2.42. The highest BCUT2D eigenvalue weighted by Gasteiger charge is 2.19. The summed E-state index contributed by atoms with van der Waals surface area (Å²) < 4.78 is 32.3. The normalized spacial score (nSPS) is 15.3. The lowest BCUT2D eigenvalue weighted by atomic mass is 10.1. The van der Waals surface area contributed by atoms with Gasteiger partial charge in [-0.3, -0.25) is 4.79 Å². The van der Waals surface area contributed by atoms with E-state index in [1.54, 1.807) is 19.2 Å². The molecule has 1 aliphatic rings. The number of rotatable bonds is 7. The van der Waals surface area contributed by atoms with Crippen molar-refractivity contribution in [3.05, 3.63) is 54.1 Å². The quantitative estimate of drug-likeness (QED) is 0.723. The van der Waals surface area contributed by atoms with E-state index in [0.717, 1.165) is 37.2 Å². The fourth-order valence-electron chi connectivity index (χ4n) is 3.34. The summed E-state index contributed by atoms with van der Waals surface area (Å²) in [6.45, 7) is 3.35. The molecule has 2 aromatic carbocycles. The summed E-state index contributed by atoms with van der Waals surface area (Å²) in [5.41, 5.74) is 2.56. The summed E-state index contributed by atoms with van der Waals surface area (Å²) in [5.74, 6) is -0.421. The molecule has 2 aromatic rings. The number of methoxy groups -OCH3 is 1. The Balaban J connectivity index is 1.52. The zero-order chi connectivity index (χ0) is 20.9. The number of carbonyl (C=O) groups excluding carboxylic acids is 1. The maximum atomic E-state index is 12.3. The van der Waals surface area contributed by atoms with Gasteiger partial charge in [-0.05, 0) is 61.7 Å². The van der Waals surface area contributed by atoms with Crippen LogP contribution in [0, 0.1) is 6.92 Å². The molecule has 0 spiro atoms. The monoisotopic (exact) mass is 417 g/mol. The van der Waals surface area contributed by atoms with Gasteiger partial charge in [-0.1, -0.05) is 12.1 Å². The minimum atomic E-state index is -3.73. The van der Waals surface area contributed by atoms with Crippen LogP contribution in [-0.4, -0.2) is 47.2 Å². The number of hydrogen-bond donors (Lipinski definition) is 2. The van der Waals surface area contributed by atoms with Crippen LogP contribution in [0.3, 0.4) is 0 Å². The number of anilines is 2. The molecule has 0 unspecified atom stereocenters. The van der Waals surface area contributed by atoms with Crippen molar-refractivity contribution in [1.82, 2.24) is 4.72 Å². The highest BCUT2D eigenvalue weighted by Crippen LogP contribution is 2.23. The van der Waals surface area contributed by atoms with Crippen molar-refractivity contribution in [1.29, 1.82) is 0 Å². The van der Waals surface area contributed by atoms with Crippen molar-refractivity contribution < 1.29 is 17.9 Å². The minimum Gasteiger partial charge on any atom is -0.381 e. The topological polar surface area (TPSA) is 87.7 Å². The molecular formula is C21H27N3O4S. The minimum absolute atomic E-state index is 0.145. The van der Waals surface area contributed by atoms with Crippen LogP contribution in [0.25, 0.3) is 0 Å². The van der Waals surface area contributed by atoms with E-state index in [1.165, 1.54) is 6.07 Å². The maximum Gasteiger partial charge on any atom is 0.241 e. The van der Waals surface area contributed by atoms with Gasteiger partial charge in [-0.15, -0.1) is 0 Å². The molecule has 7 nitrogen and oxygen atoms in total. The molecule has 1 saturated heterocycles. The van der Waals surface area contributed by atoms with Crippen molar-refractivity contribution in [3.63, 3.8) is 0 Å². The molecule has 1 heterocycles. The van der Waals surface area contributed by atoms with Gasteiger partial charge in [0.15, 0.2) is 0 Å². The molecule has 1 fully saturated rings. The van der Waals surface area contributed by atoms with Crippen LogP contribution in [0.15, 0.2) is 53.4 Å². The van der Waals surface area contributed by atoms with Crippen LogP contribution in [0.5, 0.6) is 0 Å². The third-order valence-electron chi connectivity index (χ3n) is 5.01. The number of nitrogens with one attached hydrogen (secondary N) is 2. The molecule has 29 heavy (non-hydrogen) atoms. The smallest absolute Gasteiger partial charge is 0.241 e. The van der Waals surface area contributed by atoms with E-state index in [-0.39, 0.29) is 11.4 Å². The lowest BCUT2D eigenvalue weighted by Gasteiger charge is -2.33. The Labute approximate surface area is 172 Å². The molecule has 0 bridgehead atoms. The van der Waals surface area contributed by atoms with Gasteiger partial charge in [-0.2, -0.15) is 0 Å². The lowest BCUT2D eigenvalue weighted by Crippen LogP contribution is -2.36. The van der Waals surface area contributed by atoms with Gasteiger partial charge in [0.05, 0.1) is 17.5 Å². The number of carbonyl (C=O) groups is 1. The summed E-state index contributed by atoms with van der Waals surface area (Å²) >= 11 is 0. The first-order valence-corrected chi connectivity index (χ1v) is 11.1. The Morgan fingerprint density at radius 1 is 1.14 bits per heavy atom. The summed E-state index contributed by atoms with van der Waals surface area (Å²) in [5, 5.41) is 2.72. The molecule has 1 amide bonds. The molecule has 0 atom stereocenters. The Morgan fingerprint density at radius 3 is 2.45 bits per heavy atom. The summed E-state index contributed by atoms with van der Waals surface area (Å²) in [7, 11) is -1.98. The van der Waals surface area contributed by atoms with Crippen LogP contribution in [0.4, 0.5) is 11.4 Å². The summed E-state index contributed by atoms with van der Waals surface area (Å²) in [6, 6.07) is 14.1. The summed E-state index contributed by atoms with van der Waals surface area (Å²) in [6.07, 6.45) is 2.32. The Bertz CT molecular complexity index is 937. The van der Waals surface area contributed by atoms with Gasteiger partial charge in [0, 0.05) is 31.6 Å². The second kappa shape index (κ2) is 9.39. The standard InChI is InChI=1S/C21H27N3O4S/c1-16-4-3-5-20(14-16)29(26,27)22-15-21(25)23-17-6-8-18(9-7-17)24-12-10-19(28-2)11-13-24/h3-9,14,19,22H,10-13,15H2,1-2H3,(H,23,25). The lowest BCUT2D eigenvalue weighted by molar-refractivity contribution is -0.115. The van der Waals surface area contributed by atoms with Crippen molar-refractivity contribution in [3.8, 4) is 0 Å². The molecule has 0 aromatic heterocycles. The first kappa shape index (κ1) is 21.3. The van der Waals surface area contributed by atoms with Crippen molar-refractivity contribution >= 4 is 27.3 Å². The van der Waals surface area contributed by atoms with Gasteiger partial charge >= 0.3 is 0 Å². The second-order valence-corrected chi connectivity index (χ2v) is 8.93. The van der Waals surface area contributed by atoms with E-state index < -0.39 is 15.9 Å². The fraction of sp³-hybridized carbons (Fsp3) is 0.381. The molecule has 0 aliphatic carbocycles. The first-order valence-electron chi connectivity index (χ1n) is 9.61. The van der Waals surface area contributed by atoms with Crippen LogP contribution in [-0.2, 0) is 19.6 Å². The molecule has 0 saturated carbocycles. The van der Waals surface area contributed by atoms with Gasteiger partial charge in [0.1, 0.15) is 0 Å². The highest BCUT2D eigenvalue weighted by atomic mass is 32.2. The Morgan fingerprint density at radius 2 is 1.83 bits per heavy atom. The van der Waals surface area contributed by atoms with Gasteiger partial charge in [0.2, 0.25) is 15.9 Å². The average molecular weight is 418 g/mol.